The van der Waals surface area contributed by atoms with E-state index in [1.807, 2.05) is 0 Å². The highest BCUT2D eigenvalue weighted by Gasteiger charge is 2.06. The zero-order chi connectivity index (χ0) is 13.4. The van der Waals surface area contributed by atoms with Gasteiger partial charge in [-0.15, -0.1) is 0 Å². The van der Waals surface area contributed by atoms with Gasteiger partial charge in [0.1, 0.15) is 12.4 Å². The number of ether oxygens (including phenoxy) is 3. The van der Waals surface area contributed by atoms with Gasteiger partial charge in [0.05, 0.1) is 30.9 Å². The lowest BCUT2D eigenvalue weighted by atomic mass is 10.1. The Labute approximate surface area is 112 Å². The van der Waals surface area contributed by atoms with Gasteiger partial charge in [-0.05, 0) is 24.6 Å². The SMILES string of the molecule is COCCOCCOc1ccc([C@H](C)O)cc1Cl. The van der Waals surface area contributed by atoms with Crippen molar-refractivity contribution in [2.75, 3.05) is 33.5 Å². The molecule has 0 amide bonds. The predicted octanol–water partition coefficient (Wildman–Crippen LogP) is 2.44. The van der Waals surface area contributed by atoms with Crippen molar-refractivity contribution in [3.05, 3.63) is 28.8 Å². The maximum absolute atomic E-state index is 9.40. The van der Waals surface area contributed by atoms with Crippen LogP contribution in [0.5, 0.6) is 5.75 Å². The summed E-state index contributed by atoms with van der Waals surface area (Å²) in [6.07, 6.45) is -0.533. The van der Waals surface area contributed by atoms with Gasteiger partial charge in [-0.2, -0.15) is 0 Å². The van der Waals surface area contributed by atoms with Gasteiger partial charge in [0, 0.05) is 7.11 Å². The van der Waals surface area contributed by atoms with Gasteiger partial charge in [-0.25, -0.2) is 0 Å². The zero-order valence-electron chi connectivity index (χ0n) is 10.7. The molecular weight excluding hydrogens is 256 g/mol. The van der Waals surface area contributed by atoms with Gasteiger partial charge in [0.2, 0.25) is 0 Å². The van der Waals surface area contributed by atoms with E-state index in [4.69, 9.17) is 25.8 Å². The van der Waals surface area contributed by atoms with E-state index in [9.17, 15) is 5.11 Å². The predicted molar refractivity (Wildman–Crippen MR) is 70.3 cm³/mol. The van der Waals surface area contributed by atoms with Crippen molar-refractivity contribution in [1.82, 2.24) is 0 Å². The summed E-state index contributed by atoms with van der Waals surface area (Å²) in [5, 5.41) is 9.90. The molecule has 1 N–H and O–H groups in total. The number of aliphatic hydroxyl groups excluding tert-OH is 1. The first-order valence-electron chi connectivity index (χ1n) is 5.82. The highest BCUT2D eigenvalue weighted by Crippen LogP contribution is 2.27. The van der Waals surface area contributed by atoms with Crippen LogP contribution in [0.4, 0.5) is 0 Å². The normalized spacial score (nSPS) is 12.4. The smallest absolute Gasteiger partial charge is 0.138 e. The minimum Gasteiger partial charge on any atom is -0.490 e. The Hall–Kier alpha value is -0.810. The summed E-state index contributed by atoms with van der Waals surface area (Å²) < 4.78 is 15.6. The van der Waals surface area contributed by atoms with Crippen LogP contribution in [-0.4, -0.2) is 38.6 Å². The molecule has 0 saturated carbocycles. The molecule has 5 heteroatoms. The zero-order valence-corrected chi connectivity index (χ0v) is 11.4. The largest absolute Gasteiger partial charge is 0.490 e. The summed E-state index contributed by atoms with van der Waals surface area (Å²) in [6, 6.07) is 5.24. The van der Waals surface area contributed by atoms with Gasteiger partial charge < -0.3 is 19.3 Å². The van der Waals surface area contributed by atoms with Crippen molar-refractivity contribution in [3.63, 3.8) is 0 Å². The van der Waals surface area contributed by atoms with Gasteiger partial charge in [-0.1, -0.05) is 17.7 Å². The maximum atomic E-state index is 9.40. The molecule has 18 heavy (non-hydrogen) atoms. The van der Waals surface area contributed by atoms with Crippen molar-refractivity contribution in [2.45, 2.75) is 13.0 Å². The van der Waals surface area contributed by atoms with Crippen molar-refractivity contribution in [3.8, 4) is 5.75 Å². The standard InChI is InChI=1S/C13H19ClO4/c1-10(15)11-3-4-13(12(14)9-11)18-8-7-17-6-5-16-2/h3-4,9-10,15H,5-8H2,1-2H3/t10-/m0/s1. The molecule has 0 fully saturated rings. The number of halogens is 1. The van der Waals surface area contributed by atoms with E-state index in [1.54, 1.807) is 32.2 Å². The second kappa shape index (κ2) is 8.32. The molecule has 1 atom stereocenters. The Morgan fingerprint density at radius 2 is 1.94 bits per heavy atom. The van der Waals surface area contributed by atoms with E-state index in [1.165, 1.54) is 0 Å². The molecule has 0 aliphatic rings. The third-order valence-corrected chi connectivity index (χ3v) is 2.65. The molecule has 4 nitrogen and oxygen atoms in total. The molecule has 1 aromatic rings. The van der Waals surface area contributed by atoms with E-state index in [0.29, 0.717) is 37.2 Å². The number of aliphatic hydroxyl groups is 1. The Bertz CT molecular complexity index is 355. The highest BCUT2D eigenvalue weighted by molar-refractivity contribution is 6.32. The molecule has 0 spiro atoms. The average molecular weight is 275 g/mol. The fraction of sp³-hybridized carbons (Fsp3) is 0.538. The first kappa shape index (κ1) is 15.2. The van der Waals surface area contributed by atoms with Crippen molar-refractivity contribution >= 4 is 11.6 Å². The van der Waals surface area contributed by atoms with E-state index < -0.39 is 6.10 Å². The van der Waals surface area contributed by atoms with Gasteiger partial charge in [0.15, 0.2) is 0 Å². The number of hydrogen-bond acceptors (Lipinski definition) is 4. The molecule has 0 saturated heterocycles. The van der Waals surface area contributed by atoms with Gasteiger partial charge in [0.25, 0.3) is 0 Å². The molecule has 1 aromatic carbocycles. The number of hydrogen-bond donors (Lipinski definition) is 1. The van der Waals surface area contributed by atoms with Crippen LogP contribution in [0.3, 0.4) is 0 Å². The topological polar surface area (TPSA) is 47.9 Å². The summed E-state index contributed by atoms with van der Waals surface area (Å²) in [5.74, 6) is 0.594. The molecular formula is C13H19ClO4. The monoisotopic (exact) mass is 274 g/mol. The summed E-state index contributed by atoms with van der Waals surface area (Å²) in [6.45, 7) is 3.73. The lowest BCUT2D eigenvalue weighted by Gasteiger charge is -2.11. The van der Waals surface area contributed by atoms with Crippen LogP contribution in [-0.2, 0) is 9.47 Å². The van der Waals surface area contributed by atoms with Crippen LogP contribution in [0.25, 0.3) is 0 Å². The summed E-state index contributed by atoms with van der Waals surface area (Å²) in [5.41, 5.74) is 0.767. The molecule has 1 rings (SSSR count). The highest BCUT2D eigenvalue weighted by atomic mass is 35.5. The van der Waals surface area contributed by atoms with Crippen LogP contribution in [0.2, 0.25) is 5.02 Å². The molecule has 0 aromatic heterocycles. The first-order chi connectivity index (χ1) is 8.65. The maximum Gasteiger partial charge on any atom is 0.138 e. The number of rotatable bonds is 8. The van der Waals surface area contributed by atoms with Gasteiger partial charge in [-0.3, -0.25) is 0 Å². The average Bonchev–Trinajstić information content (AvgIpc) is 2.35. The van der Waals surface area contributed by atoms with Crippen LogP contribution in [0, 0.1) is 0 Å². The van der Waals surface area contributed by atoms with Crippen LogP contribution >= 0.6 is 11.6 Å². The minimum absolute atomic E-state index is 0.428. The van der Waals surface area contributed by atoms with E-state index in [2.05, 4.69) is 0 Å². The van der Waals surface area contributed by atoms with E-state index in [-0.39, 0.29) is 0 Å². The second-order valence-electron chi connectivity index (χ2n) is 3.82. The van der Waals surface area contributed by atoms with Crippen LogP contribution < -0.4 is 4.74 Å². The Morgan fingerprint density at radius 3 is 2.56 bits per heavy atom. The van der Waals surface area contributed by atoms with Crippen molar-refractivity contribution in [1.29, 1.82) is 0 Å². The molecule has 0 bridgehead atoms. The Morgan fingerprint density at radius 1 is 1.22 bits per heavy atom. The van der Waals surface area contributed by atoms with Crippen molar-refractivity contribution < 1.29 is 19.3 Å². The fourth-order valence-corrected chi connectivity index (χ4v) is 1.59. The van der Waals surface area contributed by atoms with E-state index in [0.717, 1.165) is 5.56 Å². The minimum atomic E-state index is -0.533. The van der Waals surface area contributed by atoms with Gasteiger partial charge >= 0.3 is 0 Å². The quantitative estimate of drug-likeness (QED) is 0.740. The molecule has 102 valence electrons. The second-order valence-corrected chi connectivity index (χ2v) is 4.23. The Kier molecular flexibility index (Phi) is 7.05. The lowest BCUT2D eigenvalue weighted by Crippen LogP contribution is -2.10. The summed E-state index contributed by atoms with van der Waals surface area (Å²) in [4.78, 5) is 0. The Balaban J connectivity index is 2.34. The molecule has 0 aliphatic heterocycles. The van der Waals surface area contributed by atoms with Crippen LogP contribution in [0.15, 0.2) is 18.2 Å². The molecule has 0 unspecified atom stereocenters. The number of benzene rings is 1. The number of methoxy groups -OCH3 is 1. The van der Waals surface area contributed by atoms with E-state index >= 15 is 0 Å². The third kappa shape index (κ3) is 5.23. The fourth-order valence-electron chi connectivity index (χ4n) is 1.35. The van der Waals surface area contributed by atoms with Crippen LogP contribution in [0.1, 0.15) is 18.6 Å². The lowest BCUT2D eigenvalue weighted by molar-refractivity contribution is 0.0544. The third-order valence-electron chi connectivity index (χ3n) is 2.36. The molecule has 0 heterocycles. The molecule has 0 aliphatic carbocycles. The van der Waals surface area contributed by atoms with Crippen molar-refractivity contribution in [2.24, 2.45) is 0 Å². The first-order valence-corrected chi connectivity index (χ1v) is 6.20. The molecule has 0 radical (unpaired) electrons. The summed E-state index contributed by atoms with van der Waals surface area (Å²) in [7, 11) is 1.63. The summed E-state index contributed by atoms with van der Waals surface area (Å²) >= 11 is 6.04.